The van der Waals surface area contributed by atoms with Gasteiger partial charge < -0.3 is 10.4 Å². The summed E-state index contributed by atoms with van der Waals surface area (Å²) in [5, 5.41) is 12.5. The predicted octanol–water partition coefficient (Wildman–Crippen LogP) is 6.84. The van der Waals surface area contributed by atoms with Gasteiger partial charge in [-0.1, -0.05) is 86.6 Å². The van der Waals surface area contributed by atoms with E-state index in [-0.39, 0.29) is 5.92 Å². The molecule has 0 saturated heterocycles. The number of nitrogens with zero attached hydrogens (tertiary/aromatic N) is 2. The predicted molar refractivity (Wildman–Crippen MR) is 149 cm³/mol. The molecule has 0 spiro atoms. The summed E-state index contributed by atoms with van der Waals surface area (Å²) in [4.78, 5) is 16.1. The van der Waals surface area contributed by atoms with Crippen LogP contribution in [0.4, 0.5) is 0 Å². The van der Waals surface area contributed by atoms with Crippen molar-refractivity contribution in [2.24, 2.45) is 5.92 Å². The Labute approximate surface area is 217 Å². The molecule has 5 aromatic rings. The van der Waals surface area contributed by atoms with Crippen molar-refractivity contribution < 1.29 is 9.90 Å². The van der Waals surface area contributed by atoms with E-state index in [9.17, 15) is 9.90 Å². The lowest BCUT2D eigenvalue weighted by molar-refractivity contribution is -0.140. The number of aliphatic carboxylic acids is 1. The van der Waals surface area contributed by atoms with Crippen LogP contribution < -0.4 is 5.32 Å². The quantitative estimate of drug-likeness (QED) is 0.250. The molecule has 2 heterocycles. The zero-order chi connectivity index (χ0) is 25.9. The minimum absolute atomic E-state index is 0.0180. The highest BCUT2D eigenvalue weighted by Crippen LogP contribution is 2.33. The maximum Gasteiger partial charge on any atom is 0.320 e. The second-order valence-electron chi connectivity index (χ2n) is 9.77. The second-order valence-corrected chi connectivity index (χ2v) is 9.77. The van der Waals surface area contributed by atoms with Gasteiger partial charge in [0.1, 0.15) is 11.7 Å². The van der Waals surface area contributed by atoms with Gasteiger partial charge in [0.05, 0.1) is 11.9 Å². The molecule has 0 aliphatic heterocycles. The first-order valence-corrected chi connectivity index (χ1v) is 12.6. The fraction of sp³-hybridized carbons (Fsp3) is 0.188. The maximum atomic E-state index is 11.4. The van der Waals surface area contributed by atoms with E-state index >= 15 is 0 Å². The lowest BCUT2D eigenvalue weighted by atomic mass is 9.93. The number of benzene rings is 3. The summed E-state index contributed by atoms with van der Waals surface area (Å²) < 4.78 is 2.10. The molecule has 1 atom stereocenters. The highest BCUT2D eigenvalue weighted by atomic mass is 16.4. The van der Waals surface area contributed by atoms with Gasteiger partial charge in [-0.15, -0.1) is 0 Å². The van der Waals surface area contributed by atoms with Gasteiger partial charge in [0.25, 0.3) is 0 Å². The lowest BCUT2D eigenvalue weighted by Gasteiger charge is -2.18. The molecule has 0 amide bonds. The number of fused-ring (bicyclic) bond motifs is 1. The lowest BCUT2D eigenvalue weighted by Crippen LogP contribution is -2.40. The normalized spacial score (nSPS) is 12.2. The Hall–Kier alpha value is -4.22. The molecule has 37 heavy (non-hydrogen) atoms. The Kier molecular flexibility index (Phi) is 6.89. The number of rotatable bonds is 8. The summed E-state index contributed by atoms with van der Waals surface area (Å²) in [6.07, 6.45) is 3.98. The van der Waals surface area contributed by atoms with Gasteiger partial charge in [-0.3, -0.25) is 9.20 Å². The molecular weight excluding hydrogens is 458 g/mol. The van der Waals surface area contributed by atoms with E-state index in [4.69, 9.17) is 4.98 Å². The number of aromatic nitrogens is 2. The zero-order valence-corrected chi connectivity index (χ0v) is 21.3. The van der Waals surface area contributed by atoms with E-state index in [2.05, 4.69) is 89.6 Å². The average molecular weight is 490 g/mol. The standard InChI is InChI=1S/C32H31N3O2/c1-21(2)31(32(36)37)34-19-23-12-14-25(15-13-23)29-20-33-30-18-26(16-17-35(29)30)28-11-7-10-27(22(28)3)24-8-5-4-6-9-24/h4-18,20-21,31,34H,19H2,1-3H3,(H,36,37)/t31-/m0/s1. The van der Waals surface area contributed by atoms with Gasteiger partial charge in [-0.2, -0.15) is 0 Å². The SMILES string of the molecule is Cc1c(-c2ccccc2)cccc1-c1ccn2c(-c3ccc(CN[C@H](C(=O)O)C(C)C)cc3)cnc2c1. The molecule has 5 heteroatoms. The van der Waals surface area contributed by atoms with Gasteiger partial charge in [0.2, 0.25) is 0 Å². The molecule has 2 aromatic heterocycles. The molecule has 186 valence electrons. The van der Waals surface area contributed by atoms with Crippen LogP contribution in [0, 0.1) is 12.8 Å². The molecule has 0 aliphatic carbocycles. The van der Waals surface area contributed by atoms with E-state index in [0.717, 1.165) is 28.0 Å². The van der Waals surface area contributed by atoms with Crippen LogP contribution in [0.2, 0.25) is 0 Å². The van der Waals surface area contributed by atoms with Crippen LogP contribution in [0.25, 0.3) is 39.2 Å². The molecule has 3 aromatic carbocycles. The average Bonchev–Trinajstić information content (AvgIpc) is 3.33. The van der Waals surface area contributed by atoms with Crippen LogP contribution in [0.1, 0.15) is 25.0 Å². The number of imidazole rings is 1. The Morgan fingerprint density at radius 2 is 1.59 bits per heavy atom. The van der Waals surface area contributed by atoms with Crippen molar-refractivity contribution in [2.75, 3.05) is 0 Å². The van der Waals surface area contributed by atoms with Crippen molar-refractivity contribution >= 4 is 11.6 Å². The Morgan fingerprint density at radius 1 is 0.892 bits per heavy atom. The minimum Gasteiger partial charge on any atom is -0.480 e. The number of hydrogen-bond donors (Lipinski definition) is 2. The van der Waals surface area contributed by atoms with Crippen LogP contribution in [-0.2, 0) is 11.3 Å². The number of carbonyl (C=O) groups is 1. The molecule has 2 N–H and O–H groups in total. The molecule has 0 saturated carbocycles. The van der Waals surface area contributed by atoms with Crippen molar-refractivity contribution in [3.8, 4) is 33.5 Å². The fourth-order valence-electron chi connectivity index (χ4n) is 4.87. The second kappa shape index (κ2) is 10.4. The number of carboxylic acid groups (broad SMARTS) is 1. The first kappa shape index (κ1) is 24.5. The van der Waals surface area contributed by atoms with E-state index in [1.165, 1.54) is 22.3 Å². The van der Waals surface area contributed by atoms with Crippen molar-refractivity contribution in [1.82, 2.24) is 14.7 Å². The molecular formula is C32H31N3O2. The topological polar surface area (TPSA) is 66.6 Å². The molecule has 0 unspecified atom stereocenters. The molecule has 0 radical (unpaired) electrons. The first-order chi connectivity index (χ1) is 17.9. The Morgan fingerprint density at radius 3 is 2.27 bits per heavy atom. The van der Waals surface area contributed by atoms with Gasteiger partial charge in [-0.05, 0) is 58.4 Å². The molecule has 0 fully saturated rings. The van der Waals surface area contributed by atoms with E-state index in [1.807, 2.05) is 38.2 Å². The fourth-order valence-corrected chi connectivity index (χ4v) is 4.87. The summed E-state index contributed by atoms with van der Waals surface area (Å²) >= 11 is 0. The van der Waals surface area contributed by atoms with Crippen molar-refractivity contribution in [2.45, 2.75) is 33.4 Å². The van der Waals surface area contributed by atoms with Crippen molar-refractivity contribution in [3.05, 3.63) is 108 Å². The highest BCUT2D eigenvalue weighted by Gasteiger charge is 2.20. The summed E-state index contributed by atoms with van der Waals surface area (Å²) in [6.45, 7) is 6.50. The number of carboxylic acids is 1. The minimum atomic E-state index is -0.821. The third kappa shape index (κ3) is 5.04. The first-order valence-electron chi connectivity index (χ1n) is 12.6. The van der Waals surface area contributed by atoms with Crippen LogP contribution >= 0.6 is 0 Å². The largest absolute Gasteiger partial charge is 0.480 e. The monoisotopic (exact) mass is 489 g/mol. The van der Waals surface area contributed by atoms with E-state index < -0.39 is 12.0 Å². The van der Waals surface area contributed by atoms with Crippen LogP contribution in [0.15, 0.2) is 97.3 Å². The van der Waals surface area contributed by atoms with Crippen LogP contribution in [-0.4, -0.2) is 26.5 Å². The molecule has 5 rings (SSSR count). The number of pyridine rings is 1. The summed E-state index contributed by atoms with van der Waals surface area (Å²) in [6, 6.07) is 28.8. The number of nitrogens with one attached hydrogen (secondary N) is 1. The zero-order valence-electron chi connectivity index (χ0n) is 21.3. The Balaban J connectivity index is 1.39. The molecule has 0 bridgehead atoms. The van der Waals surface area contributed by atoms with Gasteiger partial charge >= 0.3 is 5.97 Å². The van der Waals surface area contributed by atoms with E-state index in [1.54, 1.807) is 0 Å². The van der Waals surface area contributed by atoms with Crippen molar-refractivity contribution in [1.29, 1.82) is 0 Å². The third-order valence-electron chi connectivity index (χ3n) is 6.95. The van der Waals surface area contributed by atoms with Crippen molar-refractivity contribution in [3.63, 3.8) is 0 Å². The maximum absolute atomic E-state index is 11.4. The number of hydrogen-bond acceptors (Lipinski definition) is 3. The highest BCUT2D eigenvalue weighted by molar-refractivity contribution is 5.80. The Bertz CT molecular complexity index is 1540. The smallest absolute Gasteiger partial charge is 0.320 e. The van der Waals surface area contributed by atoms with Gasteiger partial charge in [0, 0.05) is 18.3 Å². The summed E-state index contributed by atoms with van der Waals surface area (Å²) in [5.74, 6) is -0.803. The van der Waals surface area contributed by atoms with Gasteiger partial charge in [0.15, 0.2) is 0 Å². The molecule has 0 aliphatic rings. The molecule has 5 nitrogen and oxygen atoms in total. The third-order valence-corrected chi connectivity index (χ3v) is 6.95. The van der Waals surface area contributed by atoms with Gasteiger partial charge in [-0.25, -0.2) is 4.98 Å². The summed E-state index contributed by atoms with van der Waals surface area (Å²) in [5.41, 5.74) is 10.0. The van der Waals surface area contributed by atoms with Crippen LogP contribution in [0.3, 0.4) is 0 Å². The van der Waals surface area contributed by atoms with E-state index in [0.29, 0.717) is 6.54 Å². The summed E-state index contributed by atoms with van der Waals surface area (Å²) in [7, 11) is 0. The van der Waals surface area contributed by atoms with Crippen LogP contribution in [0.5, 0.6) is 0 Å².